The Balaban J connectivity index is 1.79. The first kappa shape index (κ1) is 20.3. The van der Waals surface area contributed by atoms with Crippen LogP contribution in [-0.2, 0) is 6.18 Å². The van der Waals surface area contributed by atoms with Gasteiger partial charge in [-0.2, -0.15) is 18.4 Å². The number of halogens is 4. The number of nitrogens with two attached hydrogens (primary N) is 1. The highest BCUT2D eigenvalue weighted by Gasteiger charge is 2.48. The minimum Gasteiger partial charge on any atom is -0.396 e. The van der Waals surface area contributed by atoms with Gasteiger partial charge >= 0.3 is 6.18 Å². The minimum atomic E-state index is -4.70. The molecule has 0 spiro atoms. The van der Waals surface area contributed by atoms with Gasteiger partial charge in [-0.25, -0.2) is 4.39 Å². The van der Waals surface area contributed by atoms with Gasteiger partial charge in [-0.3, -0.25) is 0 Å². The van der Waals surface area contributed by atoms with Crippen LogP contribution in [0.5, 0.6) is 0 Å². The molecule has 0 bridgehead atoms. The van der Waals surface area contributed by atoms with Crippen molar-refractivity contribution in [3.8, 4) is 6.07 Å². The predicted octanol–water partition coefficient (Wildman–Crippen LogP) is 4.21. The molecule has 0 radical (unpaired) electrons. The maximum Gasteiger partial charge on any atom is 0.417 e. The lowest BCUT2D eigenvalue weighted by molar-refractivity contribution is -0.137. The van der Waals surface area contributed by atoms with E-state index in [4.69, 9.17) is 11.0 Å². The molecule has 9 heteroatoms. The molecule has 0 aromatic heterocycles. The average molecular weight is 420 g/mol. The third kappa shape index (κ3) is 3.31. The van der Waals surface area contributed by atoms with E-state index in [9.17, 15) is 22.7 Å². The zero-order chi connectivity index (χ0) is 21.6. The number of nitriles is 1. The Morgan fingerprint density at radius 3 is 2.10 bits per heavy atom. The summed E-state index contributed by atoms with van der Waals surface area (Å²) in [5.41, 5.74) is 4.60. The number of fused-ring (bicyclic) bond motifs is 1. The number of hydrogen-bond acceptors (Lipinski definition) is 5. The van der Waals surface area contributed by atoms with Crippen molar-refractivity contribution in [2.75, 3.05) is 15.5 Å². The monoisotopic (exact) mass is 420 g/mol. The van der Waals surface area contributed by atoms with Crippen LogP contribution in [0.4, 0.5) is 34.6 Å². The quantitative estimate of drug-likeness (QED) is 0.562. The van der Waals surface area contributed by atoms with Gasteiger partial charge < -0.3 is 20.6 Å². The maximum absolute atomic E-state index is 14.1. The molecule has 1 heterocycles. The van der Waals surface area contributed by atoms with E-state index in [2.05, 4.69) is 0 Å². The highest BCUT2D eigenvalue weighted by Crippen LogP contribution is 2.43. The third-order valence-electron chi connectivity index (χ3n) is 5.92. The lowest BCUT2D eigenvalue weighted by atomic mass is 9.89. The van der Waals surface area contributed by atoms with Crippen molar-refractivity contribution in [1.29, 1.82) is 5.26 Å². The summed E-state index contributed by atoms with van der Waals surface area (Å²) in [6, 6.07) is 8.79. The number of nitrogen functional groups attached to an aromatic ring is 1. The smallest absolute Gasteiger partial charge is 0.396 e. The van der Waals surface area contributed by atoms with E-state index < -0.39 is 29.5 Å². The zero-order valence-corrected chi connectivity index (χ0v) is 15.9. The Kier molecular flexibility index (Phi) is 4.98. The van der Waals surface area contributed by atoms with Crippen LogP contribution in [0.25, 0.3) is 0 Å². The number of aliphatic hydroxyl groups excluding tert-OH is 1. The molecule has 158 valence electrons. The van der Waals surface area contributed by atoms with Crippen molar-refractivity contribution in [2.45, 2.75) is 50.3 Å². The summed E-state index contributed by atoms with van der Waals surface area (Å²) in [5, 5.41) is 20.2. The van der Waals surface area contributed by atoms with Crippen LogP contribution >= 0.6 is 0 Å². The molecule has 2 aromatic carbocycles. The molecule has 30 heavy (non-hydrogen) atoms. The third-order valence-corrected chi connectivity index (χ3v) is 5.92. The molecule has 4 rings (SSSR count). The number of alkyl halides is 3. The van der Waals surface area contributed by atoms with Crippen LogP contribution in [0.2, 0.25) is 0 Å². The fourth-order valence-corrected chi connectivity index (χ4v) is 4.57. The molecular formula is C21H20F4N4O. The molecule has 2 aliphatic rings. The van der Waals surface area contributed by atoms with Gasteiger partial charge in [-0.05, 0) is 49.2 Å². The molecule has 3 N–H and O–H groups in total. The van der Waals surface area contributed by atoms with Crippen molar-refractivity contribution in [3.05, 3.63) is 53.3 Å². The van der Waals surface area contributed by atoms with Crippen LogP contribution in [0.1, 0.15) is 36.8 Å². The van der Waals surface area contributed by atoms with E-state index in [1.165, 1.54) is 23.1 Å². The highest BCUT2D eigenvalue weighted by atomic mass is 19.4. The van der Waals surface area contributed by atoms with E-state index in [0.29, 0.717) is 18.5 Å². The predicted molar refractivity (Wildman–Crippen MR) is 104 cm³/mol. The lowest BCUT2D eigenvalue weighted by Crippen LogP contribution is -2.41. The summed E-state index contributed by atoms with van der Waals surface area (Å²) in [5.74, 6) is -0.622. The van der Waals surface area contributed by atoms with Gasteiger partial charge in [0.2, 0.25) is 6.35 Å². The number of nitrogens with zero attached hydrogens (tertiary/aromatic N) is 3. The number of hydrogen-bond donors (Lipinski definition) is 2. The summed E-state index contributed by atoms with van der Waals surface area (Å²) in [6.07, 6.45) is -2.82. The molecule has 2 aromatic rings. The molecule has 5 nitrogen and oxygen atoms in total. The van der Waals surface area contributed by atoms with Gasteiger partial charge in [0.25, 0.3) is 0 Å². The zero-order valence-electron chi connectivity index (χ0n) is 15.9. The molecule has 3 atom stereocenters. The molecule has 3 unspecified atom stereocenters. The highest BCUT2D eigenvalue weighted by molar-refractivity contribution is 5.63. The van der Waals surface area contributed by atoms with Gasteiger partial charge in [0.05, 0.1) is 35.0 Å². The Morgan fingerprint density at radius 1 is 1.00 bits per heavy atom. The van der Waals surface area contributed by atoms with E-state index >= 15 is 0 Å². The van der Waals surface area contributed by atoms with Gasteiger partial charge in [-0.1, -0.05) is 12.8 Å². The van der Waals surface area contributed by atoms with Crippen molar-refractivity contribution in [1.82, 2.24) is 0 Å². The number of aliphatic hydroxyl groups is 1. The topological polar surface area (TPSA) is 76.5 Å². The van der Waals surface area contributed by atoms with E-state index in [-0.39, 0.29) is 23.5 Å². The summed E-state index contributed by atoms with van der Waals surface area (Å²) in [6.45, 7) is 0. The fourth-order valence-electron chi connectivity index (χ4n) is 4.57. The summed E-state index contributed by atoms with van der Waals surface area (Å²) < 4.78 is 54.4. The molecule has 0 amide bonds. The van der Waals surface area contributed by atoms with Gasteiger partial charge in [0.1, 0.15) is 5.82 Å². The summed E-state index contributed by atoms with van der Waals surface area (Å²) in [7, 11) is 0. The molecule has 2 fully saturated rings. The first-order valence-corrected chi connectivity index (χ1v) is 9.63. The Morgan fingerprint density at radius 2 is 1.57 bits per heavy atom. The summed E-state index contributed by atoms with van der Waals surface area (Å²) in [4.78, 5) is 3.17. The first-order valence-electron chi connectivity index (χ1n) is 9.63. The van der Waals surface area contributed by atoms with Crippen molar-refractivity contribution in [2.24, 2.45) is 0 Å². The first-order chi connectivity index (χ1) is 14.2. The van der Waals surface area contributed by atoms with Crippen LogP contribution in [0.3, 0.4) is 0 Å². The van der Waals surface area contributed by atoms with Gasteiger partial charge in [-0.15, -0.1) is 0 Å². The Labute approximate surface area is 170 Å². The molecular weight excluding hydrogens is 400 g/mol. The van der Waals surface area contributed by atoms with Crippen LogP contribution in [0.15, 0.2) is 36.4 Å². The van der Waals surface area contributed by atoms with Gasteiger partial charge in [0.15, 0.2) is 0 Å². The lowest BCUT2D eigenvalue weighted by Gasteiger charge is -2.33. The van der Waals surface area contributed by atoms with Crippen molar-refractivity contribution < 1.29 is 22.7 Å². The normalized spacial score (nSPS) is 23.9. The second-order valence-electron chi connectivity index (χ2n) is 7.63. The largest absolute Gasteiger partial charge is 0.417 e. The standard InChI is InChI=1S/C21H20F4N4O/c22-16-10-14(7-8-17(16)27)29-19-4-2-1-3-18(19)28(20(29)30)13-6-5-12(11-26)15(9-13)21(23,24)25/h5-10,18-20,30H,1-4,27H2. The van der Waals surface area contributed by atoms with Crippen LogP contribution in [-0.4, -0.2) is 23.5 Å². The second kappa shape index (κ2) is 7.36. The molecule has 1 saturated carbocycles. The average Bonchev–Trinajstić information content (AvgIpc) is 3.01. The maximum atomic E-state index is 14.1. The van der Waals surface area contributed by atoms with E-state index in [0.717, 1.165) is 25.0 Å². The number of anilines is 3. The molecule has 1 saturated heterocycles. The molecule has 1 aliphatic heterocycles. The summed E-state index contributed by atoms with van der Waals surface area (Å²) >= 11 is 0. The van der Waals surface area contributed by atoms with Crippen molar-refractivity contribution in [3.63, 3.8) is 0 Å². The number of benzene rings is 2. The van der Waals surface area contributed by atoms with E-state index in [1.807, 2.05) is 0 Å². The Bertz CT molecular complexity index is 1000. The number of rotatable bonds is 2. The minimum absolute atomic E-state index is 0.0219. The second-order valence-corrected chi connectivity index (χ2v) is 7.63. The van der Waals surface area contributed by atoms with Crippen LogP contribution < -0.4 is 15.5 Å². The SMILES string of the molecule is N#Cc1ccc(N2C3CCCCC3N(c3ccc(N)c(F)c3)C2O)cc1C(F)(F)F. The van der Waals surface area contributed by atoms with Gasteiger partial charge in [0, 0.05) is 11.4 Å². The fraction of sp³-hybridized carbons (Fsp3) is 0.381. The van der Waals surface area contributed by atoms with Crippen molar-refractivity contribution >= 4 is 17.1 Å². The Hall–Kier alpha value is -2.99. The molecule has 1 aliphatic carbocycles. The van der Waals surface area contributed by atoms with Crippen LogP contribution in [0, 0.1) is 17.1 Å². The van der Waals surface area contributed by atoms with E-state index in [1.54, 1.807) is 17.0 Å².